The number of rotatable bonds is 7. The number of imide groups is 1. The second-order valence-corrected chi connectivity index (χ2v) is 15.1. The van der Waals surface area contributed by atoms with Crippen molar-refractivity contribution in [1.29, 1.82) is 0 Å². The topological polar surface area (TPSA) is 55.8 Å². The lowest BCUT2D eigenvalue weighted by molar-refractivity contribution is -0.139. The van der Waals surface area contributed by atoms with Crippen LogP contribution in [0.15, 0.2) is 54.6 Å². The first-order valence-electron chi connectivity index (χ1n) is 11.6. The van der Waals surface area contributed by atoms with E-state index in [9.17, 15) is 22.8 Å². The molecular weight excluding hydrogens is 475 g/mol. The molecule has 3 rings (SSSR count). The highest BCUT2D eigenvalue weighted by molar-refractivity contribution is 6.74. The third kappa shape index (κ3) is 6.13. The van der Waals surface area contributed by atoms with Gasteiger partial charge in [-0.25, -0.2) is 9.69 Å². The highest BCUT2D eigenvalue weighted by atomic mass is 28.4. The van der Waals surface area contributed by atoms with Gasteiger partial charge in [0.15, 0.2) is 8.32 Å². The Morgan fingerprint density at radius 3 is 2.29 bits per heavy atom. The molecule has 0 bridgehead atoms. The van der Waals surface area contributed by atoms with E-state index in [2.05, 4.69) is 0 Å². The fraction of sp³-hybridized carbons (Fsp3) is 0.462. The number of hydrogen-bond acceptors (Lipinski definition) is 4. The number of cyclic esters (lactones) is 1. The van der Waals surface area contributed by atoms with Crippen LogP contribution < -0.4 is 0 Å². The molecule has 0 radical (unpaired) electrons. The molecule has 0 aliphatic carbocycles. The predicted molar refractivity (Wildman–Crippen MR) is 129 cm³/mol. The number of benzene rings is 2. The normalized spacial score (nSPS) is 17.9. The summed E-state index contributed by atoms with van der Waals surface area (Å²) in [7, 11) is -2.32. The van der Waals surface area contributed by atoms with E-state index in [1.54, 1.807) is 24.3 Å². The van der Waals surface area contributed by atoms with E-state index in [1.165, 1.54) is 18.2 Å². The maximum atomic E-state index is 13.9. The van der Waals surface area contributed by atoms with Gasteiger partial charge in [-0.1, -0.05) is 69.3 Å². The van der Waals surface area contributed by atoms with Gasteiger partial charge in [0.2, 0.25) is 5.91 Å². The molecule has 1 aliphatic heterocycles. The van der Waals surface area contributed by atoms with E-state index in [0.29, 0.717) is 0 Å². The lowest BCUT2D eigenvalue weighted by Crippen LogP contribution is -2.42. The van der Waals surface area contributed by atoms with Gasteiger partial charge in [-0.3, -0.25) is 4.79 Å². The van der Waals surface area contributed by atoms with Crippen molar-refractivity contribution in [3.05, 3.63) is 71.3 Å². The van der Waals surface area contributed by atoms with E-state index in [-0.39, 0.29) is 30.2 Å². The lowest BCUT2D eigenvalue weighted by atomic mass is 9.91. The van der Waals surface area contributed by atoms with Crippen LogP contribution in [0.25, 0.3) is 0 Å². The fourth-order valence-corrected chi connectivity index (χ4v) is 4.87. The Balaban J connectivity index is 1.94. The largest absolute Gasteiger partial charge is 0.446 e. The summed E-state index contributed by atoms with van der Waals surface area (Å²) >= 11 is 0. The van der Waals surface area contributed by atoms with Gasteiger partial charge >= 0.3 is 12.3 Å². The van der Waals surface area contributed by atoms with E-state index in [0.717, 1.165) is 16.5 Å². The Hall–Kier alpha value is -2.65. The average Bonchev–Trinajstić information content (AvgIpc) is 3.17. The predicted octanol–water partition coefficient (Wildman–Crippen LogP) is 6.92. The monoisotopic (exact) mass is 507 g/mol. The summed E-state index contributed by atoms with van der Waals surface area (Å²) in [6.45, 7) is 10.1. The van der Waals surface area contributed by atoms with E-state index in [1.807, 2.05) is 39.9 Å². The van der Waals surface area contributed by atoms with Gasteiger partial charge in [-0.15, -0.1) is 0 Å². The van der Waals surface area contributed by atoms with Crippen molar-refractivity contribution in [2.75, 3.05) is 13.2 Å². The third-order valence-corrected chi connectivity index (χ3v) is 11.4. The molecule has 0 saturated carbocycles. The quantitative estimate of drug-likeness (QED) is 0.382. The summed E-state index contributed by atoms with van der Waals surface area (Å²) in [4.78, 5) is 26.9. The molecule has 2 aromatic carbocycles. The molecule has 5 nitrogen and oxygen atoms in total. The van der Waals surface area contributed by atoms with Crippen LogP contribution in [0.5, 0.6) is 0 Å². The Labute approximate surface area is 205 Å². The number of alkyl halides is 3. The van der Waals surface area contributed by atoms with Crippen molar-refractivity contribution in [3.8, 4) is 0 Å². The van der Waals surface area contributed by atoms with Crippen LogP contribution in [-0.4, -0.2) is 38.4 Å². The van der Waals surface area contributed by atoms with Crippen molar-refractivity contribution < 1.29 is 31.9 Å². The molecule has 0 aromatic heterocycles. The minimum absolute atomic E-state index is 0.00113. The minimum Gasteiger partial charge on any atom is -0.446 e. The van der Waals surface area contributed by atoms with Gasteiger partial charge in [-0.05, 0) is 35.3 Å². The van der Waals surface area contributed by atoms with Crippen LogP contribution in [0.1, 0.15) is 55.8 Å². The summed E-state index contributed by atoms with van der Waals surface area (Å²) < 4.78 is 53.0. The zero-order valence-corrected chi connectivity index (χ0v) is 21.7. The zero-order valence-electron chi connectivity index (χ0n) is 20.7. The molecule has 1 saturated heterocycles. The molecule has 0 N–H and O–H groups in total. The van der Waals surface area contributed by atoms with Gasteiger partial charge in [0, 0.05) is 18.9 Å². The minimum atomic E-state index is -4.59. The van der Waals surface area contributed by atoms with E-state index < -0.39 is 44.0 Å². The van der Waals surface area contributed by atoms with Crippen LogP contribution in [0.4, 0.5) is 18.0 Å². The summed E-state index contributed by atoms with van der Waals surface area (Å²) in [5, 5.41) is -0.164. The van der Waals surface area contributed by atoms with Gasteiger partial charge in [-0.2, -0.15) is 13.2 Å². The highest BCUT2D eigenvalue weighted by Gasteiger charge is 2.43. The molecule has 1 aliphatic rings. The number of ether oxygens (including phenoxy) is 1. The van der Waals surface area contributed by atoms with Crippen LogP contribution >= 0.6 is 0 Å². The van der Waals surface area contributed by atoms with Gasteiger partial charge in [0.1, 0.15) is 12.6 Å². The second kappa shape index (κ2) is 10.1. The molecule has 2 atom stereocenters. The highest BCUT2D eigenvalue weighted by Crippen LogP contribution is 2.40. The van der Waals surface area contributed by atoms with Crippen molar-refractivity contribution in [1.82, 2.24) is 4.90 Å². The molecule has 2 unspecified atom stereocenters. The van der Waals surface area contributed by atoms with Crippen molar-refractivity contribution in [2.24, 2.45) is 0 Å². The van der Waals surface area contributed by atoms with Crippen LogP contribution in [0.3, 0.4) is 0 Å². The molecule has 2 aromatic rings. The Morgan fingerprint density at radius 1 is 1.09 bits per heavy atom. The lowest BCUT2D eigenvalue weighted by Gasteiger charge is -2.37. The third-order valence-electron chi connectivity index (χ3n) is 6.90. The number of amides is 2. The standard InChI is InChI=1S/C26H32F3NO4Si/c1-25(2,3)35(4,5)34-16-19(20-13-9-10-14-21(20)26(27,28)29)15-23(31)30-22(17-33-24(30)32)18-11-7-6-8-12-18/h6-14,19,22H,15-17H2,1-5H3. The molecule has 1 fully saturated rings. The van der Waals surface area contributed by atoms with Crippen LogP contribution in [-0.2, 0) is 20.1 Å². The Kier molecular flexibility index (Phi) is 7.81. The number of nitrogens with zero attached hydrogens (tertiary/aromatic N) is 1. The van der Waals surface area contributed by atoms with Gasteiger partial charge in [0.25, 0.3) is 0 Å². The summed E-state index contributed by atoms with van der Waals surface area (Å²) in [6, 6.07) is 13.6. The molecule has 190 valence electrons. The maximum Gasteiger partial charge on any atom is 0.417 e. The number of carbonyl (C=O) groups excluding carboxylic acids is 2. The first kappa shape index (κ1) is 26.9. The van der Waals surface area contributed by atoms with Crippen molar-refractivity contribution >= 4 is 20.3 Å². The number of halogens is 3. The average molecular weight is 508 g/mol. The van der Waals surface area contributed by atoms with Crippen molar-refractivity contribution in [3.63, 3.8) is 0 Å². The molecule has 0 spiro atoms. The molecular formula is C26H32F3NO4Si. The smallest absolute Gasteiger partial charge is 0.417 e. The first-order chi connectivity index (χ1) is 16.2. The Bertz CT molecular complexity index is 1050. The number of carbonyl (C=O) groups is 2. The summed E-state index contributed by atoms with van der Waals surface area (Å²) in [5.74, 6) is -1.48. The summed E-state index contributed by atoms with van der Waals surface area (Å²) in [5.41, 5.74) is -0.104. The summed E-state index contributed by atoms with van der Waals surface area (Å²) in [6.07, 6.45) is -5.70. The maximum absolute atomic E-state index is 13.9. The van der Waals surface area contributed by atoms with Crippen molar-refractivity contribution in [2.45, 2.75) is 63.5 Å². The molecule has 2 amide bonds. The number of hydrogen-bond donors (Lipinski definition) is 0. The van der Waals surface area contributed by atoms with E-state index >= 15 is 0 Å². The molecule has 35 heavy (non-hydrogen) atoms. The fourth-order valence-electron chi connectivity index (χ4n) is 3.82. The van der Waals surface area contributed by atoms with Gasteiger partial charge in [0.05, 0.1) is 5.56 Å². The molecule has 9 heteroatoms. The van der Waals surface area contributed by atoms with Crippen LogP contribution in [0, 0.1) is 0 Å². The Morgan fingerprint density at radius 2 is 1.69 bits per heavy atom. The second-order valence-electron chi connectivity index (χ2n) is 10.3. The molecule has 1 heterocycles. The first-order valence-corrected chi connectivity index (χ1v) is 14.5. The van der Waals surface area contributed by atoms with Crippen LogP contribution in [0.2, 0.25) is 18.1 Å². The zero-order chi connectivity index (χ0) is 26.0. The van der Waals surface area contributed by atoms with E-state index in [4.69, 9.17) is 9.16 Å². The van der Waals surface area contributed by atoms with Gasteiger partial charge < -0.3 is 9.16 Å². The SMILES string of the molecule is CC(C)(C)[Si](C)(C)OCC(CC(=O)N1C(=O)OCC1c1ccccc1)c1ccccc1C(F)(F)F.